The van der Waals surface area contributed by atoms with Crippen LogP contribution in [0.5, 0.6) is 0 Å². The maximum atomic E-state index is 10.2. The van der Waals surface area contributed by atoms with Gasteiger partial charge in [-0.25, -0.2) is 4.98 Å². The standard InChI is InChI=1S/C15H26N2O3S/c1-12-14(21-11-17-12)4-7-20-9-13(18)8-16-10-15(19)5-2-3-6-15/h11,13,16,18-19H,2-10H2,1H3. The number of ether oxygens (including phenoxy) is 1. The van der Waals surface area contributed by atoms with Gasteiger partial charge in [-0.05, 0) is 19.8 Å². The van der Waals surface area contributed by atoms with Gasteiger partial charge in [0.05, 0.1) is 36.1 Å². The summed E-state index contributed by atoms with van der Waals surface area (Å²) in [6.07, 6.45) is 4.23. The molecule has 0 radical (unpaired) electrons. The summed E-state index contributed by atoms with van der Waals surface area (Å²) in [5.74, 6) is 0. The van der Waals surface area contributed by atoms with Crippen molar-refractivity contribution < 1.29 is 14.9 Å². The van der Waals surface area contributed by atoms with E-state index in [1.165, 1.54) is 4.88 Å². The lowest BCUT2D eigenvalue weighted by molar-refractivity contribution is 0.0240. The van der Waals surface area contributed by atoms with Gasteiger partial charge in [-0.3, -0.25) is 0 Å². The molecule has 0 bridgehead atoms. The molecule has 1 aliphatic carbocycles. The van der Waals surface area contributed by atoms with E-state index in [-0.39, 0.29) is 0 Å². The van der Waals surface area contributed by atoms with Gasteiger partial charge in [0.2, 0.25) is 0 Å². The molecule has 0 amide bonds. The van der Waals surface area contributed by atoms with Crippen LogP contribution in [0.1, 0.15) is 36.3 Å². The van der Waals surface area contributed by atoms with Crippen molar-refractivity contribution in [1.82, 2.24) is 10.3 Å². The normalized spacial score (nSPS) is 19.0. The zero-order valence-corrected chi connectivity index (χ0v) is 13.5. The summed E-state index contributed by atoms with van der Waals surface area (Å²) in [7, 11) is 0. The molecule has 3 N–H and O–H groups in total. The maximum absolute atomic E-state index is 10.2. The zero-order chi connectivity index (χ0) is 15.1. The van der Waals surface area contributed by atoms with Crippen molar-refractivity contribution in [3.63, 3.8) is 0 Å². The summed E-state index contributed by atoms with van der Waals surface area (Å²) >= 11 is 1.64. The van der Waals surface area contributed by atoms with Crippen LogP contribution in [0.25, 0.3) is 0 Å². The first-order chi connectivity index (χ1) is 10.1. The molecular weight excluding hydrogens is 288 g/mol. The van der Waals surface area contributed by atoms with Crippen molar-refractivity contribution in [2.75, 3.05) is 26.3 Å². The van der Waals surface area contributed by atoms with Crippen molar-refractivity contribution in [3.8, 4) is 0 Å². The highest BCUT2D eigenvalue weighted by Crippen LogP contribution is 2.28. The van der Waals surface area contributed by atoms with E-state index in [0.717, 1.165) is 37.8 Å². The highest BCUT2D eigenvalue weighted by Gasteiger charge is 2.30. The zero-order valence-electron chi connectivity index (χ0n) is 12.7. The molecule has 1 unspecified atom stereocenters. The van der Waals surface area contributed by atoms with Gasteiger partial charge in [0, 0.05) is 24.4 Å². The van der Waals surface area contributed by atoms with Crippen molar-refractivity contribution in [3.05, 3.63) is 16.1 Å². The molecule has 5 nitrogen and oxygen atoms in total. The minimum Gasteiger partial charge on any atom is -0.389 e. The van der Waals surface area contributed by atoms with Crippen LogP contribution in [0.3, 0.4) is 0 Å². The van der Waals surface area contributed by atoms with Crippen molar-refractivity contribution in [1.29, 1.82) is 0 Å². The largest absolute Gasteiger partial charge is 0.389 e. The average Bonchev–Trinajstić information content (AvgIpc) is 3.04. The third kappa shape index (κ3) is 5.64. The van der Waals surface area contributed by atoms with E-state index in [2.05, 4.69) is 10.3 Å². The Labute approximate surface area is 130 Å². The second-order valence-corrected chi connectivity index (χ2v) is 6.84. The molecule has 120 valence electrons. The Morgan fingerprint density at radius 1 is 1.48 bits per heavy atom. The molecule has 0 aliphatic heterocycles. The van der Waals surface area contributed by atoms with Crippen LogP contribution in [-0.4, -0.2) is 53.2 Å². The van der Waals surface area contributed by atoms with E-state index in [4.69, 9.17) is 4.74 Å². The van der Waals surface area contributed by atoms with Gasteiger partial charge in [-0.15, -0.1) is 11.3 Å². The average molecular weight is 314 g/mol. The van der Waals surface area contributed by atoms with Gasteiger partial charge in [-0.2, -0.15) is 0 Å². The Morgan fingerprint density at radius 2 is 2.24 bits per heavy atom. The van der Waals surface area contributed by atoms with Gasteiger partial charge in [-0.1, -0.05) is 12.8 Å². The number of thiazole rings is 1. The van der Waals surface area contributed by atoms with Gasteiger partial charge >= 0.3 is 0 Å². The first-order valence-electron chi connectivity index (χ1n) is 7.67. The molecule has 1 aliphatic rings. The SMILES string of the molecule is Cc1ncsc1CCOCC(O)CNCC1(O)CCCC1. The number of aromatic nitrogens is 1. The third-order valence-corrected chi connectivity index (χ3v) is 4.99. The molecule has 1 heterocycles. The summed E-state index contributed by atoms with van der Waals surface area (Å²) in [4.78, 5) is 5.44. The number of aryl methyl sites for hydroxylation is 1. The van der Waals surface area contributed by atoms with E-state index in [1.807, 2.05) is 12.4 Å². The van der Waals surface area contributed by atoms with Crippen LogP contribution < -0.4 is 5.32 Å². The Hall–Kier alpha value is -0.530. The fraction of sp³-hybridized carbons (Fsp3) is 0.800. The van der Waals surface area contributed by atoms with Crippen molar-refractivity contribution in [2.45, 2.75) is 50.7 Å². The minimum atomic E-state index is -0.565. The number of aliphatic hydroxyl groups is 2. The summed E-state index contributed by atoms with van der Waals surface area (Å²) in [5, 5.41) is 23.2. The first-order valence-corrected chi connectivity index (χ1v) is 8.55. The Kier molecular flexibility index (Phi) is 6.57. The summed E-state index contributed by atoms with van der Waals surface area (Å²) in [6.45, 7) is 3.94. The molecule has 1 fully saturated rings. The minimum absolute atomic E-state index is 0.323. The molecule has 1 aromatic rings. The van der Waals surface area contributed by atoms with E-state index < -0.39 is 11.7 Å². The molecule has 0 spiro atoms. The van der Waals surface area contributed by atoms with Gasteiger partial charge in [0.1, 0.15) is 0 Å². The van der Waals surface area contributed by atoms with Gasteiger partial charge in [0.25, 0.3) is 0 Å². The topological polar surface area (TPSA) is 74.6 Å². The molecule has 1 aromatic heterocycles. The van der Waals surface area contributed by atoms with Crippen molar-refractivity contribution >= 4 is 11.3 Å². The van der Waals surface area contributed by atoms with E-state index in [0.29, 0.717) is 26.3 Å². The number of hydrogen-bond donors (Lipinski definition) is 3. The number of aliphatic hydroxyl groups excluding tert-OH is 1. The second-order valence-electron chi connectivity index (χ2n) is 5.90. The molecule has 1 atom stereocenters. The molecule has 6 heteroatoms. The van der Waals surface area contributed by atoms with Gasteiger partial charge in [0.15, 0.2) is 0 Å². The summed E-state index contributed by atoms with van der Waals surface area (Å²) < 4.78 is 5.50. The number of nitrogens with zero attached hydrogens (tertiary/aromatic N) is 1. The fourth-order valence-corrected chi connectivity index (χ4v) is 3.45. The highest BCUT2D eigenvalue weighted by molar-refractivity contribution is 7.09. The Bertz CT molecular complexity index is 419. The number of nitrogens with one attached hydrogen (secondary N) is 1. The second kappa shape index (κ2) is 8.19. The van der Waals surface area contributed by atoms with Crippen LogP contribution in [-0.2, 0) is 11.2 Å². The summed E-state index contributed by atoms with van der Waals surface area (Å²) in [5.41, 5.74) is 2.34. The highest BCUT2D eigenvalue weighted by atomic mass is 32.1. The Morgan fingerprint density at radius 3 is 2.90 bits per heavy atom. The van der Waals surface area contributed by atoms with E-state index >= 15 is 0 Å². The smallest absolute Gasteiger partial charge is 0.0897 e. The predicted molar refractivity (Wildman–Crippen MR) is 83.7 cm³/mol. The van der Waals surface area contributed by atoms with Crippen LogP contribution in [0, 0.1) is 6.92 Å². The first kappa shape index (κ1) is 16.8. The molecule has 0 saturated heterocycles. The molecule has 0 aromatic carbocycles. The summed E-state index contributed by atoms with van der Waals surface area (Å²) in [6, 6.07) is 0. The lowest BCUT2D eigenvalue weighted by atomic mass is 10.0. The van der Waals surface area contributed by atoms with Crippen LogP contribution in [0.4, 0.5) is 0 Å². The van der Waals surface area contributed by atoms with Crippen molar-refractivity contribution in [2.24, 2.45) is 0 Å². The quantitative estimate of drug-likeness (QED) is 0.599. The fourth-order valence-electron chi connectivity index (χ4n) is 2.69. The Balaban J connectivity index is 1.51. The third-order valence-electron chi connectivity index (χ3n) is 4.00. The monoisotopic (exact) mass is 314 g/mol. The lowest BCUT2D eigenvalue weighted by Gasteiger charge is -2.23. The maximum Gasteiger partial charge on any atom is 0.0897 e. The molecule has 2 rings (SSSR count). The number of hydrogen-bond acceptors (Lipinski definition) is 6. The van der Waals surface area contributed by atoms with E-state index in [9.17, 15) is 10.2 Å². The van der Waals surface area contributed by atoms with Gasteiger partial charge < -0.3 is 20.3 Å². The predicted octanol–water partition coefficient (Wildman–Crippen LogP) is 1.27. The number of rotatable bonds is 9. The van der Waals surface area contributed by atoms with Crippen LogP contribution in [0.15, 0.2) is 5.51 Å². The van der Waals surface area contributed by atoms with E-state index in [1.54, 1.807) is 11.3 Å². The van der Waals surface area contributed by atoms with Crippen LogP contribution >= 0.6 is 11.3 Å². The van der Waals surface area contributed by atoms with Crippen LogP contribution in [0.2, 0.25) is 0 Å². The molecule has 21 heavy (non-hydrogen) atoms. The molecular formula is C15H26N2O3S. The molecule has 1 saturated carbocycles. The lowest BCUT2D eigenvalue weighted by Crippen LogP contribution is -2.41.